The number of nitrogens with one attached hydrogen (secondary N) is 1. The van der Waals surface area contributed by atoms with E-state index in [-0.39, 0.29) is 30.6 Å². The highest BCUT2D eigenvalue weighted by Crippen LogP contribution is 2.35. The number of carbonyl (C=O) groups excluding carboxylic acids is 4. The molecule has 1 amide bonds. The number of Topliss-reactive ketones (excluding diaryl/α,β-unsaturated/α-hetero) is 2. The Morgan fingerprint density at radius 3 is 2.55 bits per heavy atom. The summed E-state index contributed by atoms with van der Waals surface area (Å²) in [7, 11) is 0. The Morgan fingerprint density at radius 1 is 1.16 bits per heavy atom. The van der Waals surface area contributed by atoms with Gasteiger partial charge in [-0.05, 0) is 51.0 Å². The zero-order valence-electron chi connectivity index (χ0n) is 18.4. The number of ketones is 2. The molecule has 2 aliphatic rings. The molecule has 1 aromatic carbocycles. The van der Waals surface area contributed by atoms with E-state index in [0.29, 0.717) is 25.8 Å². The summed E-state index contributed by atoms with van der Waals surface area (Å²) < 4.78 is 4.94. The Bertz CT molecular complexity index is 825. The van der Waals surface area contributed by atoms with Crippen molar-refractivity contribution in [3.63, 3.8) is 0 Å². The fourth-order valence-electron chi connectivity index (χ4n) is 4.77. The van der Waals surface area contributed by atoms with Crippen LogP contribution in [0.4, 0.5) is 0 Å². The number of hydrogen-bond acceptors (Lipinski definition) is 6. The maximum Gasteiger partial charge on any atom is 0.303 e. The van der Waals surface area contributed by atoms with Crippen LogP contribution in [0.1, 0.15) is 57.9 Å². The van der Waals surface area contributed by atoms with Gasteiger partial charge in [0.15, 0.2) is 17.9 Å². The van der Waals surface area contributed by atoms with Crippen LogP contribution in [0.2, 0.25) is 0 Å². The van der Waals surface area contributed by atoms with Crippen LogP contribution in [0, 0.1) is 0 Å². The van der Waals surface area contributed by atoms with Crippen LogP contribution >= 0.6 is 0 Å². The number of benzene rings is 1. The van der Waals surface area contributed by atoms with Crippen molar-refractivity contribution in [1.29, 1.82) is 0 Å². The predicted molar refractivity (Wildman–Crippen MR) is 115 cm³/mol. The van der Waals surface area contributed by atoms with Gasteiger partial charge in [-0.3, -0.25) is 19.2 Å². The summed E-state index contributed by atoms with van der Waals surface area (Å²) in [5.74, 6) is -1.53. The van der Waals surface area contributed by atoms with E-state index in [1.807, 2.05) is 37.3 Å². The molecule has 2 saturated heterocycles. The van der Waals surface area contributed by atoms with Gasteiger partial charge in [0.25, 0.3) is 0 Å². The van der Waals surface area contributed by atoms with Crippen LogP contribution in [0.5, 0.6) is 0 Å². The van der Waals surface area contributed by atoms with Crippen LogP contribution < -0.4 is 5.32 Å². The van der Waals surface area contributed by atoms with E-state index in [9.17, 15) is 19.2 Å². The number of ether oxygens (including phenoxy) is 1. The van der Waals surface area contributed by atoms with E-state index in [1.54, 1.807) is 0 Å². The van der Waals surface area contributed by atoms with Gasteiger partial charge in [0, 0.05) is 25.9 Å². The molecule has 2 heterocycles. The van der Waals surface area contributed by atoms with Crippen molar-refractivity contribution >= 4 is 23.4 Å². The number of amides is 1. The summed E-state index contributed by atoms with van der Waals surface area (Å²) in [6.45, 7) is 3.10. The second-order valence-electron chi connectivity index (χ2n) is 8.61. The summed E-state index contributed by atoms with van der Waals surface area (Å²) in [6, 6.07) is 9.63. The molecule has 31 heavy (non-hydrogen) atoms. The quantitative estimate of drug-likeness (QED) is 0.479. The third-order valence-electron chi connectivity index (χ3n) is 6.35. The minimum atomic E-state index is -1.54. The predicted octanol–water partition coefficient (Wildman–Crippen LogP) is 2.21. The Morgan fingerprint density at radius 2 is 1.90 bits per heavy atom. The van der Waals surface area contributed by atoms with Gasteiger partial charge in [0.05, 0.1) is 6.04 Å². The molecule has 0 spiro atoms. The number of likely N-dealkylation sites (tertiary alicyclic amines) is 1. The van der Waals surface area contributed by atoms with Crippen molar-refractivity contribution < 1.29 is 23.9 Å². The maximum atomic E-state index is 13.6. The summed E-state index contributed by atoms with van der Waals surface area (Å²) in [5.41, 5.74) is -0.393. The van der Waals surface area contributed by atoms with Gasteiger partial charge >= 0.3 is 5.97 Å². The molecule has 1 aromatic rings. The Hall–Kier alpha value is -2.54. The zero-order valence-corrected chi connectivity index (χ0v) is 18.4. The second kappa shape index (κ2) is 10.2. The molecular formula is C24H32N2O5. The van der Waals surface area contributed by atoms with Gasteiger partial charge < -0.3 is 15.0 Å². The third-order valence-corrected chi connectivity index (χ3v) is 6.35. The molecule has 7 nitrogen and oxygen atoms in total. The lowest BCUT2D eigenvalue weighted by atomic mass is 9.82. The molecule has 168 valence electrons. The first-order valence-corrected chi connectivity index (χ1v) is 11.2. The number of rotatable bonds is 9. The van der Waals surface area contributed by atoms with Crippen LogP contribution in [0.25, 0.3) is 0 Å². The monoisotopic (exact) mass is 428 g/mol. The van der Waals surface area contributed by atoms with Crippen molar-refractivity contribution in [1.82, 2.24) is 10.2 Å². The van der Waals surface area contributed by atoms with Gasteiger partial charge in [-0.1, -0.05) is 30.3 Å². The topological polar surface area (TPSA) is 92.8 Å². The average Bonchev–Trinajstić information content (AvgIpc) is 3.39. The van der Waals surface area contributed by atoms with E-state index < -0.39 is 29.9 Å². The molecule has 0 aromatic heterocycles. The van der Waals surface area contributed by atoms with Crippen molar-refractivity contribution in [2.45, 2.75) is 76.4 Å². The lowest BCUT2D eigenvalue weighted by molar-refractivity contribution is -0.157. The molecule has 2 fully saturated rings. The molecule has 3 rings (SSSR count). The molecular weight excluding hydrogens is 396 g/mol. The van der Waals surface area contributed by atoms with E-state index in [4.69, 9.17) is 4.74 Å². The molecule has 0 aliphatic carbocycles. The zero-order chi connectivity index (χ0) is 22.4. The lowest BCUT2D eigenvalue weighted by Gasteiger charge is -2.37. The van der Waals surface area contributed by atoms with Gasteiger partial charge in [0.2, 0.25) is 11.7 Å². The molecule has 2 unspecified atom stereocenters. The van der Waals surface area contributed by atoms with E-state index >= 15 is 0 Å². The normalized spacial score (nSPS) is 25.4. The van der Waals surface area contributed by atoms with Crippen molar-refractivity contribution in [2.75, 3.05) is 13.2 Å². The standard InChI is InChI=1S/C24H32N2O5/c1-17-12-13-20(25-17)23(30)24(21(28)16-31-18(2)27)14-7-15-26(24)22(29)11-6-10-19-8-4-3-5-9-19/h3-5,8-9,17,20,25H,6-7,10-16H2,1-2H3/t17?,20-,24?/m0/s1. The largest absolute Gasteiger partial charge is 0.458 e. The first kappa shape index (κ1) is 23.1. The molecule has 0 bridgehead atoms. The van der Waals surface area contributed by atoms with E-state index in [1.165, 1.54) is 11.8 Å². The summed E-state index contributed by atoms with van der Waals surface area (Å²) in [4.78, 5) is 52.8. The van der Waals surface area contributed by atoms with Crippen LogP contribution in [0.3, 0.4) is 0 Å². The molecule has 2 aliphatic heterocycles. The van der Waals surface area contributed by atoms with Gasteiger partial charge in [-0.25, -0.2) is 0 Å². The van der Waals surface area contributed by atoms with Gasteiger partial charge in [-0.15, -0.1) is 0 Å². The highest BCUT2D eigenvalue weighted by molar-refractivity contribution is 6.16. The lowest BCUT2D eigenvalue weighted by Crippen LogP contribution is -2.63. The number of esters is 1. The van der Waals surface area contributed by atoms with Crippen LogP contribution in [-0.2, 0) is 30.3 Å². The van der Waals surface area contributed by atoms with Crippen molar-refractivity contribution in [3.8, 4) is 0 Å². The molecule has 7 heteroatoms. The van der Waals surface area contributed by atoms with Gasteiger partial charge in [-0.2, -0.15) is 0 Å². The molecule has 0 saturated carbocycles. The maximum absolute atomic E-state index is 13.6. The van der Waals surface area contributed by atoms with E-state index in [0.717, 1.165) is 18.4 Å². The summed E-state index contributed by atoms with van der Waals surface area (Å²) >= 11 is 0. The third kappa shape index (κ3) is 5.21. The summed E-state index contributed by atoms with van der Waals surface area (Å²) in [5, 5.41) is 3.25. The number of nitrogens with zero attached hydrogens (tertiary/aromatic N) is 1. The first-order valence-electron chi connectivity index (χ1n) is 11.2. The number of aryl methyl sites for hydroxylation is 1. The van der Waals surface area contributed by atoms with E-state index in [2.05, 4.69) is 5.32 Å². The Labute approximate surface area is 183 Å². The van der Waals surface area contributed by atoms with Gasteiger partial charge in [0.1, 0.15) is 0 Å². The molecule has 3 atom stereocenters. The van der Waals surface area contributed by atoms with Crippen LogP contribution in [0.15, 0.2) is 30.3 Å². The fourth-order valence-corrected chi connectivity index (χ4v) is 4.77. The highest BCUT2D eigenvalue weighted by atomic mass is 16.5. The first-order chi connectivity index (χ1) is 14.8. The summed E-state index contributed by atoms with van der Waals surface area (Å²) in [6.07, 6.45) is 3.99. The Kier molecular flexibility index (Phi) is 7.59. The highest BCUT2D eigenvalue weighted by Gasteiger charge is 2.56. The SMILES string of the molecule is CC(=O)OCC(=O)C1(C(=O)[C@@H]2CCC(C)N2)CCCN1C(=O)CCCc1ccccc1. The molecule has 0 radical (unpaired) electrons. The smallest absolute Gasteiger partial charge is 0.303 e. The number of carbonyl (C=O) groups is 4. The fraction of sp³-hybridized carbons (Fsp3) is 0.583. The minimum Gasteiger partial charge on any atom is -0.458 e. The van der Waals surface area contributed by atoms with Crippen molar-refractivity contribution in [2.24, 2.45) is 0 Å². The second-order valence-corrected chi connectivity index (χ2v) is 8.61. The number of hydrogen-bond donors (Lipinski definition) is 1. The molecule has 1 N–H and O–H groups in total. The average molecular weight is 429 g/mol. The van der Waals surface area contributed by atoms with Crippen molar-refractivity contribution in [3.05, 3.63) is 35.9 Å². The Balaban J connectivity index is 1.76. The van der Waals surface area contributed by atoms with Crippen LogP contribution in [-0.4, -0.2) is 59.1 Å². The minimum absolute atomic E-state index is 0.186.